The van der Waals surface area contributed by atoms with Crippen molar-refractivity contribution in [2.45, 2.75) is 25.9 Å². The van der Waals surface area contributed by atoms with E-state index in [0.717, 1.165) is 39.0 Å². The van der Waals surface area contributed by atoms with Crippen molar-refractivity contribution < 1.29 is 0 Å². The van der Waals surface area contributed by atoms with Crippen LogP contribution in [0.3, 0.4) is 0 Å². The van der Waals surface area contributed by atoms with Crippen LogP contribution in [0.1, 0.15) is 24.0 Å². The molecule has 0 radical (unpaired) electrons. The molecule has 0 aromatic heterocycles. The van der Waals surface area contributed by atoms with Crippen LogP contribution in [-0.4, -0.2) is 18.0 Å². The fourth-order valence-corrected chi connectivity index (χ4v) is 2.38. The fourth-order valence-electron chi connectivity index (χ4n) is 2.38. The van der Waals surface area contributed by atoms with Gasteiger partial charge in [-0.15, -0.1) is 0 Å². The molecule has 2 rings (SSSR count). The minimum atomic E-state index is 0.782. The molecule has 0 amide bonds. The van der Waals surface area contributed by atoms with Crippen molar-refractivity contribution in [3.63, 3.8) is 0 Å². The van der Waals surface area contributed by atoms with E-state index < -0.39 is 0 Å². The number of rotatable bonds is 8. The van der Waals surface area contributed by atoms with E-state index in [4.69, 9.17) is 5.73 Å². The van der Waals surface area contributed by atoms with E-state index in [1.54, 1.807) is 0 Å². The number of hydrogen-bond donors (Lipinski definition) is 1. The van der Waals surface area contributed by atoms with Crippen LogP contribution in [0.25, 0.3) is 0 Å². The van der Waals surface area contributed by atoms with Crippen LogP contribution in [0.5, 0.6) is 0 Å². The highest BCUT2D eigenvalue weighted by Crippen LogP contribution is 2.11. The SMILES string of the molecule is NCCCCN(Cc1ccccc1)Cc1ccccc1. The van der Waals surface area contributed by atoms with Gasteiger partial charge >= 0.3 is 0 Å². The summed E-state index contributed by atoms with van der Waals surface area (Å²) >= 11 is 0. The minimum Gasteiger partial charge on any atom is -0.330 e. The topological polar surface area (TPSA) is 29.3 Å². The van der Waals surface area contributed by atoms with Crippen molar-refractivity contribution in [2.24, 2.45) is 5.73 Å². The Kier molecular flexibility index (Phi) is 6.28. The predicted molar refractivity (Wildman–Crippen MR) is 85.3 cm³/mol. The molecule has 20 heavy (non-hydrogen) atoms. The van der Waals surface area contributed by atoms with Gasteiger partial charge in [-0.2, -0.15) is 0 Å². The number of benzene rings is 2. The fraction of sp³-hybridized carbons (Fsp3) is 0.333. The van der Waals surface area contributed by atoms with E-state index in [1.165, 1.54) is 11.1 Å². The maximum atomic E-state index is 5.60. The largest absolute Gasteiger partial charge is 0.330 e. The molecule has 106 valence electrons. The zero-order valence-corrected chi connectivity index (χ0v) is 12.0. The van der Waals surface area contributed by atoms with Gasteiger partial charge in [-0.25, -0.2) is 0 Å². The highest BCUT2D eigenvalue weighted by Gasteiger charge is 2.06. The van der Waals surface area contributed by atoms with Crippen LogP contribution in [0.4, 0.5) is 0 Å². The van der Waals surface area contributed by atoms with E-state index >= 15 is 0 Å². The van der Waals surface area contributed by atoms with Gasteiger partial charge in [0.15, 0.2) is 0 Å². The third-order valence-corrected chi connectivity index (χ3v) is 3.43. The van der Waals surface area contributed by atoms with Crippen molar-refractivity contribution in [3.05, 3.63) is 71.8 Å². The Morgan fingerprint density at radius 2 is 1.20 bits per heavy atom. The second-order valence-corrected chi connectivity index (χ2v) is 5.18. The average Bonchev–Trinajstić information content (AvgIpc) is 2.49. The Morgan fingerprint density at radius 1 is 0.700 bits per heavy atom. The third kappa shape index (κ3) is 5.16. The molecule has 0 aliphatic rings. The highest BCUT2D eigenvalue weighted by atomic mass is 15.1. The predicted octanol–water partition coefficient (Wildman–Crippen LogP) is 3.43. The zero-order chi connectivity index (χ0) is 14.0. The van der Waals surface area contributed by atoms with Gasteiger partial charge < -0.3 is 5.73 Å². The standard InChI is InChI=1S/C18H24N2/c19-13-7-8-14-20(15-17-9-3-1-4-10-17)16-18-11-5-2-6-12-18/h1-6,9-12H,7-8,13-16,19H2. The molecule has 0 unspecified atom stereocenters. The first-order valence-electron chi connectivity index (χ1n) is 7.39. The van der Waals surface area contributed by atoms with Crippen molar-refractivity contribution >= 4 is 0 Å². The second-order valence-electron chi connectivity index (χ2n) is 5.18. The Hall–Kier alpha value is -1.64. The first kappa shape index (κ1) is 14.8. The van der Waals surface area contributed by atoms with Gasteiger partial charge in [-0.05, 0) is 37.1 Å². The summed E-state index contributed by atoms with van der Waals surface area (Å²) in [5, 5.41) is 0. The normalized spacial score (nSPS) is 10.9. The van der Waals surface area contributed by atoms with E-state index in [1.807, 2.05) is 0 Å². The van der Waals surface area contributed by atoms with Gasteiger partial charge in [0, 0.05) is 13.1 Å². The molecular formula is C18H24N2. The van der Waals surface area contributed by atoms with Crippen LogP contribution < -0.4 is 5.73 Å². The molecule has 0 saturated heterocycles. The van der Waals surface area contributed by atoms with Gasteiger partial charge in [-0.1, -0.05) is 60.7 Å². The molecule has 0 saturated carbocycles. The lowest BCUT2D eigenvalue weighted by Gasteiger charge is -2.22. The quantitative estimate of drug-likeness (QED) is 0.743. The second kappa shape index (κ2) is 8.51. The van der Waals surface area contributed by atoms with Crippen LogP contribution in [0.15, 0.2) is 60.7 Å². The molecule has 0 heterocycles. The molecule has 2 aromatic carbocycles. The molecule has 2 N–H and O–H groups in total. The van der Waals surface area contributed by atoms with Crippen molar-refractivity contribution in [1.29, 1.82) is 0 Å². The molecular weight excluding hydrogens is 244 g/mol. The highest BCUT2D eigenvalue weighted by molar-refractivity contribution is 5.17. The maximum Gasteiger partial charge on any atom is 0.0237 e. The van der Waals surface area contributed by atoms with Crippen molar-refractivity contribution in [3.8, 4) is 0 Å². The number of unbranched alkanes of at least 4 members (excludes halogenated alkanes) is 1. The molecule has 0 bridgehead atoms. The van der Waals surface area contributed by atoms with Gasteiger partial charge in [0.2, 0.25) is 0 Å². The van der Waals surface area contributed by atoms with E-state index in [9.17, 15) is 0 Å². The molecule has 0 spiro atoms. The van der Waals surface area contributed by atoms with Crippen LogP contribution in [-0.2, 0) is 13.1 Å². The van der Waals surface area contributed by atoms with Gasteiger partial charge in [0.1, 0.15) is 0 Å². The Balaban J connectivity index is 1.96. The van der Waals surface area contributed by atoms with Crippen LogP contribution in [0, 0.1) is 0 Å². The van der Waals surface area contributed by atoms with Crippen molar-refractivity contribution in [1.82, 2.24) is 4.90 Å². The Bertz CT molecular complexity index is 426. The van der Waals surface area contributed by atoms with Crippen LogP contribution in [0.2, 0.25) is 0 Å². The molecule has 0 aliphatic carbocycles. The number of nitrogens with zero attached hydrogens (tertiary/aromatic N) is 1. The van der Waals surface area contributed by atoms with Gasteiger partial charge in [0.25, 0.3) is 0 Å². The van der Waals surface area contributed by atoms with Crippen LogP contribution >= 0.6 is 0 Å². The number of hydrogen-bond acceptors (Lipinski definition) is 2. The van der Waals surface area contributed by atoms with Gasteiger partial charge in [-0.3, -0.25) is 4.90 Å². The van der Waals surface area contributed by atoms with Gasteiger partial charge in [0.05, 0.1) is 0 Å². The summed E-state index contributed by atoms with van der Waals surface area (Å²) < 4.78 is 0. The summed E-state index contributed by atoms with van der Waals surface area (Å²) in [5.41, 5.74) is 8.34. The minimum absolute atomic E-state index is 0.782. The summed E-state index contributed by atoms with van der Waals surface area (Å²) in [6.45, 7) is 3.88. The first-order chi connectivity index (χ1) is 9.88. The monoisotopic (exact) mass is 268 g/mol. The first-order valence-corrected chi connectivity index (χ1v) is 7.39. The third-order valence-electron chi connectivity index (χ3n) is 3.43. The summed E-state index contributed by atoms with van der Waals surface area (Å²) in [5.74, 6) is 0. The molecule has 0 fully saturated rings. The van der Waals surface area contributed by atoms with E-state index in [0.29, 0.717) is 0 Å². The molecule has 2 aromatic rings. The number of nitrogens with two attached hydrogens (primary N) is 1. The summed E-state index contributed by atoms with van der Waals surface area (Å²) in [6.07, 6.45) is 2.26. The summed E-state index contributed by atoms with van der Waals surface area (Å²) in [6, 6.07) is 21.3. The molecule has 0 atom stereocenters. The maximum absolute atomic E-state index is 5.60. The lowest BCUT2D eigenvalue weighted by molar-refractivity contribution is 0.252. The molecule has 2 nitrogen and oxygen atoms in total. The van der Waals surface area contributed by atoms with E-state index in [-0.39, 0.29) is 0 Å². The smallest absolute Gasteiger partial charge is 0.0237 e. The van der Waals surface area contributed by atoms with E-state index in [2.05, 4.69) is 65.6 Å². The lowest BCUT2D eigenvalue weighted by atomic mass is 10.1. The summed E-state index contributed by atoms with van der Waals surface area (Å²) in [4.78, 5) is 2.50. The lowest BCUT2D eigenvalue weighted by Crippen LogP contribution is -2.24. The Morgan fingerprint density at radius 3 is 1.65 bits per heavy atom. The molecule has 2 heteroatoms. The Labute approximate surface area is 122 Å². The zero-order valence-electron chi connectivity index (χ0n) is 12.0. The summed E-state index contributed by atoms with van der Waals surface area (Å²) in [7, 11) is 0. The van der Waals surface area contributed by atoms with Crippen molar-refractivity contribution in [2.75, 3.05) is 13.1 Å². The molecule has 0 aliphatic heterocycles. The average molecular weight is 268 g/mol.